The van der Waals surface area contributed by atoms with Gasteiger partial charge in [0.15, 0.2) is 0 Å². The van der Waals surface area contributed by atoms with E-state index in [4.69, 9.17) is 0 Å². The standard InChI is InChI=1S/C19H21F3N2O/c1-3-24(14(2)25)13-16-5-4-6-18(11-16)23-12-15-7-9-17(10-8-15)19(20,21)22/h4-11,23H,3,12-13H2,1-2H3. The summed E-state index contributed by atoms with van der Waals surface area (Å²) in [4.78, 5) is 13.2. The second kappa shape index (κ2) is 8.05. The molecule has 0 saturated carbocycles. The lowest BCUT2D eigenvalue weighted by atomic mass is 10.1. The van der Waals surface area contributed by atoms with Crippen molar-refractivity contribution < 1.29 is 18.0 Å². The van der Waals surface area contributed by atoms with E-state index in [0.29, 0.717) is 19.6 Å². The van der Waals surface area contributed by atoms with Gasteiger partial charge >= 0.3 is 6.18 Å². The number of benzene rings is 2. The fraction of sp³-hybridized carbons (Fsp3) is 0.316. The van der Waals surface area contributed by atoms with Gasteiger partial charge in [0.25, 0.3) is 0 Å². The molecule has 2 rings (SSSR count). The van der Waals surface area contributed by atoms with Gasteiger partial charge in [-0.25, -0.2) is 0 Å². The van der Waals surface area contributed by atoms with E-state index in [9.17, 15) is 18.0 Å². The Balaban J connectivity index is 1.99. The average molecular weight is 350 g/mol. The highest BCUT2D eigenvalue weighted by atomic mass is 19.4. The van der Waals surface area contributed by atoms with Gasteiger partial charge in [0.05, 0.1) is 5.56 Å². The molecule has 0 spiro atoms. The van der Waals surface area contributed by atoms with Crippen molar-refractivity contribution in [1.82, 2.24) is 4.90 Å². The number of hydrogen-bond acceptors (Lipinski definition) is 2. The molecule has 0 bridgehead atoms. The number of carbonyl (C=O) groups is 1. The first-order valence-corrected chi connectivity index (χ1v) is 8.04. The van der Waals surface area contributed by atoms with E-state index in [0.717, 1.165) is 28.9 Å². The van der Waals surface area contributed by atoms with Crippen LogP contribution in [0.15, 0.2) is 48.5 Å². The van der Waals surface area contributed by atoms with Gasteiger partial charge in [-0.3, -0.25) is 4.79 Å². The van der Waals surface area contributed by atoms with E-state index in [1.165, 1.54) is 19.1 Å². The van der Waals surface area contributed by atoms with Gasteiger partial charge in [-0.1, -0.05) is 24.3 Å². The molecule has 0 atom stereocenters. The molecule has 0 aromatic heterocycles. The first-order valence-electron chi connectivity index (χ1n) is 8.04. The lowest BCUT2D eigenvalue weighted by Crippen LogP contribution is -2.27. The molecule has 0 fully saturated rings. The Morgan fingerprint density at radius 1 is 1.08 bits per heavy atom. The van der Waals surface area contributed by atoms with Crippen LogP contribution in [-0.2, 0) is 24.1 Å². The molecular weight excluding hydrogens is 329 g/mol. The van der Waals surface area contributed by atoms with Gasteiger partial charge in [0.1, 0.15) is 0 Å². The van der Waals surface area contributed by atoms with Gasteiger partial charge in [0.2, 0.25) is 5.91 Å². The van der Waals surface area contributed by atoms with Crippen molar-refractivity contribution in [2.24, 2.45) is 0 Å². The predicted molar refractivity (Wildman–Crippen MR) is 92.0 cm³/mol. The molecule has 3 nitrogen and oxygen atoms in total. The molecule has 0 saturated heterocycles. The van der Waals surface area contributed by atoms with Crippen LogP contribution in [0.2, 0.25) is 0 Å². The third-order valence-electron chi connectivity index (χ3n) is 3.91. The number of alkyl halides is 3. The molecule has 0 aliphatic carbocycles. The monoisotopic (exact) mass is 350 g/mol. The van der Waals surface area contributed by atoms with E-state index < -0.39 is 11.7 Å². The molecule has 0 aliphatic heterocycles. The van der Waals surface area contributed by atoms with Gasteiger partial charge in [-0.15, -0.1) is 0 Å². The zero-order chi connectivity index (χ0) is 18.4. The van der Waals surface area contributed by atoms with Crippen LogP contribution in [0.4, 0.5) is 18.9 Å². The summed E-state index contributed by atoms with van der Waals surface area (Å²) in [6.45, 7) is 5.05. The highest BCUT2D eigenvalue weighted by molar-refractivity contribution is 5.73. The lowest BCUT2D eigenvalue weighted by Gasteiger charge is -2.19. The first-order chi connectivity index (χ1) is 11.8. The van der Waals surface area contributed by atoms with Crippen LogP contribution >= 0.6 is 0 Å². The van der Waals surface area contributed by atoms with Crippen LogP contribution in [0.25, 0.3) is 0 Å². The van der Waals surface area contributed by atoms with Crippen LogP contribution in [0.3, 0.4) is 0 Å². The predicted octanol–water partition coefficient (Wildman–Crippen LogP) is 4.69. The molecule has 0 heterocycles. The number of amides is 1. The molecule has 0 radical (unpaired) electrons. The highest BCUT2D eigenvalue weighted by Gasteiger charge is 2.29. The van der Waals surface area contributed by atoms with Crippen molar-refractivity contribution in [3.63, 3.8) is 0 Å². The van der Waals surface area contributed by atoms with Crippen molar-refractivity contribution in [2.75, 3.05) is 11.9 Å². The number of hydrogen-bond donors (Lipinski definition) is 1. The molecule has 2 aromatic carbocycles. The Hall–Kier alpha value is -2.50. The maximum atomic E-state index is 12.6. The van der Waals surface area contributed by atoms with Crippen LogP contribution in [0, 0.1) is 0 Å². The Morgan fingerprint density at radius 2 is 1.76 bits per heavy atom. The number of nitrogens with one attached hydrogen (secondary N) is 1. The number of rotatable bonds is 6. The molecular formula is C19H21F3N2O. The molecule has 0 unspecified atom stereocenters. The van der Waals surface area contributed by atoms with Gasteiger partial charge in [-0.05, 0) is 42.3 Å². The molecule has 2 aromatic rings. The first kappa shape index (κ1) is 18.8. The van der Waals surface area contributed by atoms with Crippen LogP contribution in [-0.4, -0.2) is 17.4 Å². The molecule has 134 valence electrons. The third-order valence-corrected chi connectivity index (χ3v) is 3.91. The Kier molecular flexibility index (Phi) is 6.07. The summed E-state index contributed by atoms with van der Waals surface area (Å²) >= 11 is 0. The van der Waals surface area contributed by atoms with Crippen molar-refractivity contribution in [2.45, 2.75) is 33.1 Å². The second-order valence-corrected chi connectivity index (χ2v) is 5.78. The van der Waals surface area contributed by atoms with E-state index >= 15 is 0 Å². The number of nitrogens with zero attached hydrogens (tertiary/aromatic N) is 1. The summed E-state index contributed by atoms with van der Waals surface area (Å²) < 4.78 is 37.7. The summed E-state index contributed by atoms with van der Waals surface area (Å²) in [5, 5.41) is 3.20. The zero-order valence-electron chi connectivity index (χ0n) is 14.2. The minimum absolute atomic E-state index is 0.0191. The maximum absolute atomic E-state index is 12.6. The Labute approximate surface area is 145 Å². The number of halogens is 3. The maximum Gasteiger partial charge on any atom is 0.416 e. The molecule has 0 aliphatic rings. The highest BCUT2D eigenvalue weighted by Crippen LogP contribution is 2.29. The van der Waals surface area contributed by atoms with Crippen LogP contribution in [0.5, 0.6) is 0 Å². The molecule has 1 amide bonds. The van der Waals surface area contributed by atoms with Crippen molar-refractivity contribution in [3.8, 4) is 0 Å². The van der Waals surface area contributed by atoms with Crippen molar-refractivity contribution >= 4 is 11.6 Å². The number of carbonyl (C=O) groups excluding carboxylic acids is 1. The summed E-state index contributed by atoms with van der Waals surface area (Å²) in [5.41, 5.74) is 1.96. The summed E-state index contributed by atoms with van der Waals surface area (Å²) in [6, 6.07) is 12.8. The quantitative estimate of drug-likeness (QED) is 0.820. The topological polar surface area (TPSA) is 32.3 Å². The van der Waals surface area contributed by atoms with E-state index in [1.807, 2.05) is 31.2 Å². The fourth-order valence-corrected chi connectivity index (χ4v) is 2.46. The Morgan fingerprint density at radius 3 is 2.32 bits per heavy atom. The summed E-state index contributed by atoms with van der Waals surface area (Å²) in [5.74, 6) is 0.0191. The molecule has 6 heteroatoms. The zero-order valence-corrected chi connectivity index (χ0v) is 14.2. The van der Waals surface area contributed by atoms with E-state index in [-0.39, 0.29) is 5.91 Å². The van der Waals surface area contributed by atoms with Crippen molar-refractivity contribution in [3.05, 3.63) is 65.2 Å². The minimum atomic E-state index is -4.32. The van der Waals surface area contributed by atoms with Gasteiger partial charge < -0.3 is 10.2 Å². The van der Waals surface area contributed by atoms with Gasteiger partial charge in [0, 0.05) is 32.2 Å². The largest absolute Gasteiger partial charge is 0.416 e. The molecule has 1 N–H and O–H groups in total. The van der Waals surface area contributed by atoms with Crippen molar-refractivity contribution in [1.29, 1.82) is 0 Å². The lowest BCUT2D eigenvalue weighted by molar-refractivity contribution is -0.137. The normalized spacial score (nSPS) is 11.2. The fourth-order valence-electron chi connectivity index (χ4n) is 2.46. The summed E-state index contributed by atoms with van der Waals surface area (Å²) in [7, 11) is 0. The average Bonchev–Trinajstić information content (AvgIpc) is 2.57. The SMILES string of the molecule is CCN(Cc1cccc(NCc2ccc(C(F)(F)F)cc2)c1)C(C)=O. The van der Waals surface area contributed by atoms with Crippen LogP contribution < -0.4 is 5.32 Å². The smallest absolute Gasteiger partial charge is 0.381 e. The summed E-state index contributed by atoms with van der Waals surface area (Å²) in [6.07, 6.45) is -4.32. The van der Waals surface area contributed by atoms with E-state index in [2.05, 4.69) is 5.32 Å². The van der Waals surface area contributed by atoms with E-state index in [1.54, 1.807) is 4.90 Å². The van der Waals surface area contributed by atoms with Gasteiger partial charge in [-0.2, -0.15) is 13.2 Å². The Bertz CT molecular complexity index is 711. The third kappa shape index (κ3) is 5.52. The molecule has 25 heavy (non-hydrogen) atoms. The second-order valence-electron chi connectivity index (χ2n) is 5.78. The minimum Gasteiger partial charge on any atom is -0.381 e. The van der Waals surface area contributed by atoms with Crippen LogP contribution in [0.1, 0.15) is 30.5 Å². The number of anilines is 1.